The van der Waals surface area contributed by atoms with E-state index in [0.29, 0.717) is 5.39 Å². The molecule has 0 aliphatic heterocycles. The molecule has 0 fully saturated rings. The number of benzene rings is 2. The van der Waals surface area contributed by atoms with E-state index in [2.05, 4.69) is 4.74 Å². The highest BCUT2D eigenvalue weighted by atomic mass is 32.2. The smallest absolute Gasteiger partial charge is 0.435 e. The Morgan fingerprint density at radius 1 is 0.935 bits per heavy atom. The Balaban J connectivity index is 2.49. The number of hydrogen-bond donors (Lipinski definition) is 1. The molecule has 0 radical (unpaired) electrons. The maximum Gasteiger partial charge on any atom is 0.438 e. The SMILES string of the molecule is CC(=O)Oc1ccc2cc(C(=O)OC(CS(=O)(=O)O)(C(F)(F)F)C(F)(F)F)ccc2c1. The van der Waals surface area contributed by atoms with E-state index in [4.69, 9.17) is 9.29 Å². The Bertz CT molecular complexity index is 1110. The number of hydrogen-bond acceptors (Lipinski definition) is 6. The molecule has 0 aliphatic carbocycles. The summed E-state index contributed by atoms with van der Waals surface area (Å²) >= 11 is 0. The Labute approximate surface area is 170 Å². The first-order valence-electron chi connectivity index (χ1n) is 7.99. The second kappa shape index (κ2) is 8.00. The van der Waals surface area contributed by atoms with E-state index in [9.17, 15) is 44.3 Å². The van der Waals surface area contributed by atoms with E-state index >= 15 is 0 Å². The van der Waals surface area contributed by atoms with Crippen LogP contribution in [-0.2, 0) is 19.6 Å². The maximum absolute atomic E-state index is 13.3. The van der Waals surface area contributed by atoms with Crippen molar-refractivity contribution in [1.82, 2.24) is 0 Å². The van der Waals surface area contributed by atoms with Crippen LogP contribution in [0.4, 0.5) is 26.3 Å². The molecule has 7 nitrogen and oxygen atoms in total. The van der Waals surface area contributed by atoms with E-state index in [0.717, 1.165) is 25.1 Å². The van der Waals surface area contributed by atoms with E-state index in [1.165, 1.54) is 18.2 Å². The second-order valence-corrected chi connectivity index (χ2v) is 7.71. The number of esters is 2. The van der Waals surface area contributed by atoms with Crippen LogP contribution in [0, 0.1) is 0 Å². The molecule has 31 heavy (non-hydrogen) atoms. The molecule has 0 aromatic heterocycles. The molecule has 0 spiro atoms. The topological polar surface area (TPSA) is 107 Å². The van der Waals surface area contributed by atoms with E-state index in [1.54, 1.807) is 0 Å². The first kappa shape index (κ1) is 24.4. The number of alkyl halides is 6. The van der Waals surface area contributed by atoms with Crippen LogP contribution in [0.2, 0.25) is 0 Å². The van der Waals surface area contributed by atoms with Gasteiger partial charge in [-0.2, -0.15) is 34.8 Å². The molecule has 1 N–H and O–H groups in total. The number of fused-ring (bicyclic) bond motifs is 1. The van der Waals surface area contributed by atoms with Gasteiger partial charge in [-0.25, -0.2) is 4.79 Å². The lowest BCUT2D eigenvalue weighted by molar-refractivity contribution is -0.356. The molecule has 14 heteroatoms. The van der Waals surface area contributed by atoms with Crippen molar-refractivity contribution in [2.75, 3.05) is 5.75 Å². The van der Waals surface area contributed by atoms with Crippen LogP contribution in [-0.4, -0.2) is 48.6 Å². The number of carbonyl (C=O) groups is 2. The van der Waals surface area contributed by atoms with Crippen LogP contribution in [0.15, 0.2) is 36.4 Å². The van der Waals surface area contributed by atoms with Crippen molar-refractivity contribution in [3.05, 3.63) is 42.0 Å². The van der Waals surface area contributed by atoms with Crippen LogP contribution in [0.25, 0.3) is 10.8 Å². The summed E-state index contributed by atoms with van der Waals surface area (Å²) < 4.78 is 118. The highest BCUT2D eigenvalue weighted by Gasteiger charge is 2.76. The molecule has 0 bridgehead atoms. The van der Waals surface area contributed by atoms with Crippen molar-refractivity contribution in [2.24, 2.45) is 0 Å². The van der Waals surface area contributed by atoms with Crippen molar-refractivity contribution in [1.29, 1.82) is 0 Å². The monoisotopic (exact) mass is 474 g/mol. The maximum atomic E-state index is 13.3. The zero-order valence-electron chi connectivity index (χ0n) is 15.2. The van der Waals surface area contributed by atoms with Gasteiger partial charge in [0.05, 0.1) is 5.56 Å². The summed E-state index contributed by atoms with van der Waals surface area (Å²) in [5, 5.41) is 0.468. The third-order valence-corrected chi connectivity index (χ3v) is 4.65. The number of carbonyl (C=O) groups excluding carboxylic acids is 2. The van der Waals surface area contributed by atoms with Gasteiger partial charge in [-0.05, 0) is 35.0 Å². The predicted octanol–water partition coefficient (Wildman–Crippen LogP) is 3.67. The van der Waals surface area contributed by atoms with E-state index in [1.807, 2.05) is 0 Å². The molecule has 2 aromatic rings. The minimum atomic E-state index is -6.42. The highest BCUT2D eigenvalue weighted by Crippen LogP contribution is 2.47. The lowest BCUT2D eigenvalue weighted by atomic mass is 10.0. The van der Waals surface area contributed by atoms with Crippen molar-refractivity contribution in [2.45, 2.75) is 24.9 Å². The molecule has 0 unspecified atom stereocenters. The third kappa shape index (κ3) is 5.44. The van der Waals surface area contributed by atoms with Gasteiger partial charge in [0.15, 0.2) is 0 Å². The molecule has 0 heterocycles. The third-order valence-electron chi connectivity index (χ3n) is 3.88. The summed E-state index contributed by atoms with van der Waals surface area (Å²) in [7, 11) is -5.88. The lowest BCUT2D eigenvalue weighted by Gasteiger charge is -2.35. The van der Waals surface area contributed by atoms with E-state index < -0.39 is 51.3 Å². The molecule has 0 aliphatic rings. The quantitative estimate of drug-likeness (QED) is 0.305. The van der Waals surface area contributed by atoms with Crippen LogP contribution in [0.1, 0.15) is 17.3 Å². The Kier molecular flexibility index (Phi) is 6.29. The van der Waals surface area contributed by atoms with Gasteiger partial charge in [0.2, 0.25) is 0 Å². The van der Waals surface area contributed by atoms with Gasteiger partial charge in [0, 0.05) is 6.92 Å². The first-order chi connectivity index (χ1) is 14.0. The Hall–Kier alpha value is -2.87. The first-order valence-corrected chi connectivity index (χ1v) is 9.60. The normalized spacial score (nSPS) is 13.2. The summed E-state index contributed by atoms with van der Waals surface area (Å²) in [6.45, 7) is 1.13. The summed E-state index contributed by atoms with van der Waals surface area (Å²) in [6, 6.07) is 6.69. The summed E-state index contributed by atoms with van der Waals surface area (Å²) in [6.07, 6.45) is -12.8. The number of halogens is 6. The molecule has 0 saturated carbocycles. The minimum Gasteiger partial charge on any atom is -0.435 e. The van der Waals surface area contributed by atoms with Gasteiger partial charge in [-0.15, -0.1) is 0 Å². The average molecular weight is 474 g/mol. The van der Waals surface area contributed by atoms with Gasteiger partial charge in [-0.3, -0.25) is 9.35 Å². The fourth-order valence-electron chi connectivity index (χ4n) is 2.52. The molecule has 0 atom stereocenters. The fourth-order valence-corrected chi connectivity index (χ4v) is 3.42. The molecule has 0 amide bonds. The number of ether oxygens (including phenoxy) is 2. The highest BCUT2D eigenvalue weighted by molar-refractivity contribution is 7.85. The van der Waals surface area contributed by atoms with Crippen molar-refractivity contribution >= 4 is 32.8 Å². The van der Waals surface area contributed by atoms with Gasteiger partial charge in [-0.1, -0.05) is 12.1 Å². The molecular formula is C17H12F6O7S. The molecule has 170 valence electrons. The summed E-state index contributed by atoms with van der Waals surface area (Å²) in [5.74, 6) is -5.66. The van der Waals surface area contributed by atoms with E-state index in [-0.39, 0.29) is 11.1 Å². The lowest BCUT2D eigenvalue weighted by Crippen LogP contribution is -2.63. The van der Waals surface area contributed by atoms with Crippen LogP contribution in [0.3, 0.4) is 0 Å². The predicted molar refractivity (Wildman–Crippen MR) is 91.9 cm³/mol. The Morgan fingerprint density at radius 3 is 1.94 bits per heavy atom. The van der Waals surface area contributed by atoms with Crippen molar-refractivity contribution in [3.63, 3.8) is 0 Å². The van der Waals surface area contributed by atoms with Crippen LogP contribution < -0.4 is 4.74 Å². The van der Waals surface area contributed by atoms with Gasteiger partial charge in [0.25, 0.3) is 10.1 Å². The molecular weight excluding hydrogens is 462 g/mol. The van der Waals surface area contributed by atoms with Crippen molar-refractivity contribution in [3.8, 4) is 5.75 Å². The number of rotatable bonds is 5. The summed E-state index contributed by atoms with van der Waals surface area (Å²) in [5.41, 5.74) is -6.26. The minimum absolute atomic E-state index is 0.0941. The summed E-state index contributed by atoms with van der Waals surface area (Å²) in [4.78, 5) is 23.1. The molecule has 2 rings (SSSR count). The second-order valence-electron chi connectivity index (χ2n) is 6.26. The Morgan fingerprint density at radius 2 is 1.45 bits per heavy atom. The van der Waals surface area contributed by atoms with Crippen molar-refractivity contribution < 1.29 is 58.4 Å². The van der Waals surface area contributed by atoms with Crippen LogP contribution in [0.5, 0.6) is 5.75 Å². The fraction of sp³-hybridized carbons (Fsp3) is 0.294. The van der Waals surface area contributed by atoms with Gasteiger partial charge < -0.3 is 9.47 Å². The van der Waals surface area contributed by atoms with Crippen LogP contribution >= 0.6 is 0 Å². The molecule has 2 aromatic carbocycles. The average Bonchev–Trinajstić information content (AvgIpc) is 2.56. The van der Waals surface area contributed by atoms with Gasteiger partial charge >= 0.3 is 29.9 Å². The zero-order valence-corrected chi connectivity index (χ0v) is 16.1. The standard InChI is InChI=1S/C17H12F6O7S/c1-9(24)29-13-5-4-10-6-12(3-2-11(10)7-13)14(25)30-15(16(18,19)20,17(21,22)23)8-31(26,27)28/h2-7H,8H2,1H3,(H,26,27,28). The molecule has 0 saturated heterocycles. The zero-order chi connectivity index (χ0) is 23.8. The van der Waals surface area contributed by atoms with Gasteiger partial charge in [0.1, 0.15) is 11.5 Å². The largest absolute Gasteiger partial charge is 0.438 e.